The van der Waals surface area contributed by atoms with Gasteiger partial charge in [-0.15, -0.1) is 0 Å². The summed E-state index contributed by atoms with van der Waals surface area (Å²) >= 11 is 0. The molecule has 3 N–H and O–H groups in total. The Morgan fingerprint density at radius 2 is 1.62 bits per heavy atom. The molecule has 1 atom stereocenters. The number of benzene rings is 1. The van der Waals surface area contributed by atoms with Crippen molar-refractivity contribution in [3.8, 4) is 0 Å². The maximum atomic E-state index is 12.2. The Bertz CT molecular complexity index is 500. The Kier molecular flexibility index (Phi) is 5.71. The van der Waals surface area contributed by atoms with Crippen LogP contribution in [0.2, 0.25) is 0 Å². The van der Waals surface area contributed by atoms with Gasteiger partial charge in [-0.3, -0.25) is 9.59 Å². The second-order valence-electron chi connectivity index (χ2n) is 4.45. The molecule has 0 aliphatic rings. The zero-order chi connectivity index (χ0) is 16.0. The molecule has 0 heterocycles. The highest BCUT2D eigenvalue weighted by atomic mass is 19.4. The van der Waals surface area contributed by atoms with E-state index >= 15 is 0 Å². The molecule has 116 valence electrons. The van der Waals surface area contributed by atoms with Crippen molar-refractivity contribution >= 4 is 23.2 Å². The topological polar surface area (TPSA) is 78.4 Å². The van der Waals surface area contributed by atoms with Crippen LogP contribution in [0.25, 0.3) is 0 Å². The van der Waals surface area contributed by atoms with E-state index in [2.05, 4.69) is 10.6 Å². The predicted octanol–water partition coefficient (Wildman–Crippen LogP) is 2.14. The second kappa shape index (κ2) is 7.07. The first kappa shape index (κ1) is 17.0. The molecular weight excluding hydrogens is 289 g/mol. The average molecular weight is 304 g/mol. The number of nitrogens with one attached hydrogen (secondary N) is 2. The average Bonchev–Trinajstić information content (AvgIpc) is 2.36. The first-order valence-electron chi connectivity index (χ1n) is 6.07. The van der Waals surface area contributed by atoms with E-state index in [0.29, 0.717) is 5.69 Å². The molecule has 1 aromatic rings. The lowest BCUT2D eigenvalue weighted by Gasteiger charge is -2.16. The van der Waals surface area contributed by atoms with Crippen LogP contribution in [0.5, 0.6) is 0 Å². The summed E-state index contributed by atoms with van der Waals surface area (Å²) in [5, 5.41) is 13.7. The highest BCUT2D eigenvalue weighted by Crippen LogP contribution is 2.25. The summed E-state index contributed by atoms with van der Waals surface area (Å²) in [6.45, 7) is 0.438. The van der Waals surface area contributed by atoms with Crippen molar-refractivity contribution in [3.63, 3.8) is 0 Å². The number of alkyl halides is 3. The molecule has 2 amide bonds. The molecule has 5 nitrogen and oxygen atoms in total. The number of anilines is 2. The first-order valence-corrected chi connectivity index (χ1v) is 6.07. The van der Waals surface area contributed by atoms with E-state index in [-0.39, 0.29) is 11.6 Å². The molecule has 0 aliphatic carbocycles. The second-order valence-corrected chi connectivity index (χ2v) is 4.45. The maximum absolute atomic E-state index is 12.2. The Hall–Kier alpha value is -2.09. The highest BCUT2D eigenvalue weighted by Gasteiger charge is 2.35. The summed E-state index contributed by atoms with van der Waals surface area (Å²) in [5.74, 6) is -2.74. The summed E-state index contributed by atoms with van der Waals surface area (Å²) in [5.41, 5.74) is 0.768. The van der Waals surface area contributed by atoms with Crippen molar-refractivity contribution in [1.82, 2.24) is 0 Å². The third-order valence-corrected chi connectivity index (χ3v) is 2.54. The maximum Gasteiger partial charge on any atom is 0.389 e. The van der Waals surface area contributed by atoms with Crippen LogP contribution in [-0.2, 0) is 9.59 Å². The van der Waals surface area contributed by atoms with E-state index in [0.717, 1.165) is 0 Å². The molecule has 0 radical (unpaired) electrons. The number of hydrogen-bond donors (Lipinski definition) is 3. The van der Waals surface area contributed by atoms with Crippen LogP contribution < -0.4 is 10.6 Å². The van der Waals surface area contributed by atoms with E-state index in [4.69, 9.17) is 5.11 Å². The number of carbonyl (C=O) groups is 2. The number of aliphatic hydroxyl groups excluding tert-OH is 1. The fraction of sp³-hybridized carbons (Fsp3) is 0.385. The standard InChI is InChI=1S/C13H15F3N2O3/c1-8(20)17-10-2-4-11(5-3-10)18-12(21)9(7-19)6-13(14,15)16/h2-5,9,19H,6-7H2,1H3,(H,17,20)(H,18,21). The Balaban J connectivity index is 2.66. The zero-order valence-corrected chi connectivity index (χ0v) is 11.2. The molecular formula is C13H15F3N2O3. The molecule has 0 saturated carbocycles. The van der Waals surface area contributed by atoms with Crippen molar-refractivity contribution in [2.75, 3.05) is 17.2 Å². The lowest BCUT2D eigenvalue weighted by atomic mass is 10.1. The smallest absolute Gasteiger partial charge is 0.389 e. The third kappa shape index (κ3) is 6.26. The summed E-state index contributed by atoms with van der Waals surface area (Å²) in [6.07, 6.45) is -5.92. The quantitative estimate of drug-likeness (QED) is 0.780. The highest BCUT2D eigenvalue weighted by molar-refractivity contribution is 5.93. The van der Waals surface area contributed by atoms with Gasteiger partial charge in [0.2, 0.25) is 11.8 Å². The molecule has 0 aliphatic heterocycles. The minimum absolute atomic E-state index is 0.266. The van der Waals surface area contributed by atoms with Crippen LogP contribution in [0.15, 0.2) is 24.3 Å². The fourth-order valence-electron chi connectivity index (χ4n) is 1.60. The number of rotatable bonds is 5. The van der Waals surface area contributed by atoms with Gasteiger partial charge in [0.05, 0.1) is 18.9 Å². The van der Waals surface area contributed by atoms with Crippen LogP contribution in [0.4, 0.5) is 24.5 Å². The van der Waals surface area contributed by atoms with Crippen molar-refractivity contribution < 1.29 is 27.9 Å². The van der Waals surface area contributed by atoms with E-state index in [1.165, 1.54) is 31.2 Å². The Morgan fingerprint density at radius 1 is 1.14 bits per heavy atom. The minimum Gasteiger partial charge on any atom is -0.396 e. The van der Waals surface area contributed by atoms with Gasteiger partial charge >= 0.3 is 6.18 Å². The molecule has 1 rings (SSSR count). The van der Waals surface area contributed by atoms with Gasteiger partial charge in [-0.05, 0) is 24.3 Å². The van der Waals surface area contributed by atoms with Gasteiger partial charge in [-0.2, -0.15) is 13.2 Å². The third-order valence-electron chi connectivity index (χ3n) is 2.54. The van der Waals surface area contributed by atoms with Crippen molar-refractivity contribution in [2.24, 2.45) is 5.92 Å². The summed E-state index contributed by atoms with van der Waals surface area (Å²) in [7, 11) is 0. The minimum atomic E-state index is -4.53. The molecule has 1 unspecified atom stereocenters. The lowest BCUT2D eigenvalue weighted by molar-refractivity contribution is -0.154. The number of aliphatic hydroxyl groups is 1. The SMILES string of the molecule is CC(=O)Nc1ccc(NC(=O)C(CO)CC(F)(F)F)cc1. The van der Waals surface area contributed by atoms with E-state index in [1.807, 2.05) is 0 Å². The molecule has 1 aromatic carbocycles. The van der Waals surface area contributed by atoms with Crippen LogP contribution in [0.3, 0.4) is 0 Å². The van der Waals surface area contributed by atoms with Crippen molar-refractivity contribution in [2.45, 2.75) is 19.5 Å². The zero-order valence-electron chi connectivity index (χ0n) is 11.2. The van der Waals surface area contributed by atoms with Gasteiger partial charge in [0, 0.05) is 18.3 Å². The number of halogens is 3. The van der Waals surface area contributed by atoms with Crippen LogP contribution in [0.1, 0.15) is 13.3 Å². The first-order chi connectivity index (χ1) is 9.71. The lowest BCUT2D eigenvalue weighted by Crippen LogP contribution is -2.30. The van der Waals surface area contributed by atoms with Gasteiger partial charge in [0.15, 0.2) is 0 Å². The molecule has 0 bridgehead atoms. The normalized spacial score (nSPS) is 12.6. The number of amides is 2. The van der Waals surface area contributed by atoms with Crippen LogP contribution >= 0.6 is 0 Å². The van der Waals surface area contributed by atoms with Crippen LogP contribution in [0, 0.1) is 5.92 Å². The van der Waals surface area contributed by atoms with Crippen LogP contribution in [-0.4, -0.2) is 29.7 Å². The predicted molar refractivity (Wildman–Crippen MR) is 70.6 cm³/mol. The van der Waals surface area contributed by atoms with Gasteiger partial charge < -0.3 is 15.7 Å². The van der Waals surface area contributed by atoms with E-state index in [1.54, 1.807) is 0 Å². The van der Waals surface area contributed by atoms with Crippen molar-refractivity contribution in [1.29, 1.82) is 0 Å². The number of carbonyl (C=O) groups excluding carboxylic acids is 2. The Morgan fingerprint density at radius 3 is 2.00 bits per heavy atom. The number of hydrogen-bond acceptors (Lipinski definition) is 3. The molecule has 0 aromatic heterocycles. The Labute approximate surface area is 119 Å². The van der Waals surface area contributed by atoms with Gasteiger partial charge in [-0.25, -0.2) is 0 Å². The molecule has 0 spiro atoms. The summed E-state index contributed by atoms with van der Waals surface area (Å²) in [4.78, 5) is 22.5. The molecule has 0 saturated heterocycles. The largest absolute Gasteiger partial charge is 0.396 e. The van der Waals surface area contributed by atoms with Gasteiger partial charge in [0.25, 0.3) is 0 Å². The molecule has 0 fully saturated rings. The fourth-order valence-corrected chi connectivity index (χ4v) is 1.60. The van der Waals surface area contributed by atoms with E-state index in [9.17, 15) is 22.8 Å². The van der Waals surface area contributed by atoms with Crippen molar-refractivity contribution in [3.05, 3.63) is 24.3 Å². The molecule has 21 heavy (non-hydrogen) atoms. The van der Waals surface area contributed by atoms with Gasteiger partial charge in [0.1, 0.15) is 0 Å². The summed E-state index contributed by atoms with van der Waals surface area (Å²) < 4.78 is 36.7. The van der Waals surface area contributed by atoms with Gasteiger partial charge in [-0.1, -0.05) is 0 Å². The summed E-state index contributed by atoms with van der Waals surface area (Å²) in [6, 6.07) is 5.86. The molecule has 8 heteroatoms. The monoisotopic (exact) mass is 304 g/mol. The van der Waals surface area contributed by atoms with E-state index < -0.39 is 31.0 Å².